The third-order valence-electron chi connectivity index (χ3n) is 1.28. The first-order valence-corrected chi connectivity index (χ1v) is 3.23. The minimum atomic E-state index is -0.939. The molecule has 0 fully saturated rings. The summed E-state index contributed by atoms with van der Waals surface area (Å²) in [4.78, 5) is 20.5. The van der Waals surface area contributed by atoms with Gasteiger partial charge in [-0.2, -0.15) is 0 Å². The second-order valence-electron chi connectivity index (χ2n) is 2.25. The van der Waals surface area contributed by atoms with E-state index < -0.39 is 11.9 Å². The molecule has 0 spiro atoms. The molecule has 0 heterocycles. The maximum Gasteiger partial charge on any atom is 0.304 e. The van der Waals surface area contributed by atoms with Gasteiger partial charge in [0.25, 0.3) is 0 Å². The number of carboxylic acid groups (broad SMARTS) is 1. The Morgan fingerprint density at radius 2 is 2.09 bits per heavy atom. The molecule has 0 aliphatic carbocycles. The van der Waals surface area contributed by atoms with Crippen molar-refractivity contribution in [2.45, 2.75) is 18.9 Å². The first-order valence-electron chi connectivity index (χ1n) is 3.23. The zero-order chi connectivity index (χ0) is 8.85. The molecule has 0 saturated heterocycles. The van der Waals surface area contributed by atoms with E-state index in [-0.39, 0.29) is 18.9 Å². The minimum Gasteiger partial charge on any atom is -0.481 e. The molecular weight excluding hydrogens is 148 g/mol. The van der Waals surface area contributed by atoms with Crippen LogP contribution in [0.1, 0.15) is 12.8 Å². The molecule has 0 rings (SSSR count). The molecule has 0 aromatic rings. The fourth-order valence-electron chi connectivity index (χ4n) is 0.730. The van der Waals surface area contributed by atoms with Crippen LogP contribution in [0.5, 0.6) is 0 Å². The van der Waals surface area contributed by atoms with Gasteiger partial charge in [0, 0.05) is 12.5 Å². The van der Waals surface area contributed by atoms with E-state index in [4.69, 9.17) is 10.8 Å². The van der Waals surface area contributed by atoms with Crippen LogP contribution in [-0.4, -0.2) is 30.1 Å². The average Bonchev–Trinajstić information content (AvgIpc) is 1.84. The smallest absolute Gasteiger partial charge is 0.304 e. The van der Waals surface area contributed by atoms with Crippen LogP contribution in [0.15, 0.2) is 0 Å². The molecule has 0 radical (unpaired) electrons. The summed E-state index contributed by atoms with van der Waals surface area (Å²) in [5, 5.41) is 11.0. The topological polar surface area (TPSA) is 92.4 Å². The molecule has 0 unspecified atom stereocenters. The number of amides is 1. The number of primary amides is 1. The van der Waals surface area contributed by atoms with Crippen LogP contribution in [0.4, 0.5) is 0 Å². The molecule has 5 nitrogen and oxygen atoms in total. The maximum absolute atomic E-state index is 10.3. The summed E-state index contributed by atoms with van der Waals surface area (Å²) in [6, 6.07) is -0.356. The molecule has 1 amide bonds. The van der Waals surface area contributed by atoms with E-state index >= 15 is 0 Å². The first kappa shape index (κ1) is 9.90. The molecule has 11 heavy (non-hydrogen) atoms. The van der Waals surface area contributed by atoms with Gasteiger partial charge in [0.15, 0.2) is 0 Å². The molecule has 0 aromatic carbocycles. The van der Waals surface area contributed by atoms with Crippen molar-refractivity contribution in [1.82, 2.24) is 5.32 Å². The number of carbonyl (C=O) groups excluding carboxylic acids is 1. The molecule has 0 aliphatic rings. The van der Waals surface area contributed by atoms with Gasteiger partial charge in [-0.05, 0) is 7.05 Å². The van der Waals surface area contributed by atoms with Crippen molar-refractivity contribution in [3.05, 3.63) is 0 Å². The fraction of sp³-hybridized carbons (Fsp3) is 0.667. The van der Waals surface area contributed by atoms with Gasteiger partial charge in [-0.25, -0.2) is 0 Å². The highest BCUT2D eigenvalue weighted by Gasteiger charge is 2.12. The summed E-state index contributed by atoms with van der Waals surface area (Å²) < 4.78 is 0. The van der Waals surface area contributed by atoms with Crippen molar-refractivity contribution in [3.63, 3.8) is 0 Å². The average molecular weight is 160 g/mol. The van der Waals surface area contributed by atoms with Crippen molar-refractivity contribution in [1.29, 1.82) is 0 Å². The van der Waals surface area contributed by atoms with E-state index in [0.717, 1.165) is 0 Å². The molecule has 1 atom stereocenters. The van der Waals surface area contributed by atoms with E-state index in [2.05, 4.69) is 5.32 Å². The number of nitrogens with one attached hydrogen (secondary N) is 1. The van der Waals surface area contributed by atoms with Gasteiger partial charge >= 0.3 is 5.97 Å². The third kappa shape index (κ3) is 5.35. The lowest BCUT2D eigenvalue weighted by Gasteiger charge is -2.10. The number of hydrogen-bond donors (Lipinski definition) is 3. The Balaban J connectivity index is 3.76. The van der Waals surface area contributed by atoms with Gasteiger partial charge in [-0.1, -0.05) is 0 Å². The lowest BCUT2D eigenvalue weighted by molar-refractivity contribution is -0.137. The quantitative estimate of drug-likeness (QED) is 0.477. The highest BCUT2D eigenvalue weighted by molar-refractivity contribution is 5.76. The van der Waals surface area contributed by atoms with Crippen molar-refractivity contribution in [2.24, 2.45) is 5.73 Å². The summed E-state index contributed by atoms with van der Waals surface area (Å²) >= 11 is 0. The van der Waals surface area contributed by atoms with Crippen LogP contribution in [0.3, 0.4) is 0 Å². The van der Waals surface area contributed by atoms with Crippen LogP contribution in [0.2, 0.25) is 0 Å². The van der Waals surface area contributed by atoms with E-state index in [1.54, 1.807) is 7.05 Å². The van der Waals surface area contributed by atoms with Crippen LogP contribution < -0.4 is 11.1 Å². The Labute approximate surface area is 64.6 Å². The van der Waals surface area contributed by atoms with Crippen molar-refractivity contribution < 1.29 is 14.7 Å². The lowest BCUT2D eigenvalue weighted by Crippen LogP contribution is -2.32. The van der Waals surface area contributed by atoms with Crippen molar-refractivity contribution in [3.8, 4) is 0 Å². The van der Waals surface area contributed by atoms with Gasteiger partial charge in [-0.15, -0.1) is 0 Å². The molecule has 64 valence electrons. The van der Waals surface area contributed by atoms with E-state index in [9.17, 15) is 9.59 Å². The SMILES string of the molecule is CN[C@@H](CC(N)=O)CC(=O)O. The molecular formula is C6H12N2O3. The van der Waals surface area contributed by atoms with Gasteiger partial charge < -0.3 is 16.2 Å². The predicted molar refractivity (Wildman–Crippen MR) is 38.9 cm³/mol. The van der Waals surface area contributed by atoms with E-state index in [1.165, 1.54) is 0 Å². The summed E-state index contributed by atoms with van der Waals surface area (Å²) in [6.45, 7) is 0. The Morgan fingerprint density at radius 1 is 1.55 bits per heavy atom. The summed E-state index contributed by atoms with van der Waals surface area (Å²) in [7, 11) is 1.59. The number of carbonyl (C=O) groups is 2. The van der Waals surface area contributed by atoms with E-state index in [0.29, 0.717) is 0 Å². The van der Waals surface area contributed by atoms with Crippen LogP contribution in [0, 0.1) is 0 Å². The highest BCUT2D eigenvalue weighted by Crippen LogP contribution is 1.95. The standard InChI is InChI=1S/C6H12N2O3/c1-8-4(2-5(7)9)3-6(10)11/h4,8H,2-3H2,1H3,(H2,7,9)(H,10,11)/t4-/m0/s1. The van der Waals surface area contributed by atoms with Crippen LogP contribution in [-0.2, 0) is 9.59 Å². The monoisotopic (exact) mass is 160 g/mol. The Morgan fingerprint density at radius 3 is 2.36 bits per heavy atom. The van der Waals surface area contributed by atoms with Gasteiger partial charge in [0.2, 0.25) is 5.91 Å². The predicted octanol–water partition coefficient (Wildman–Crippen LogP) is -1.08. The van der Waals surface area contributed by atoms with Crippen molar-refractivity contribution in [2.75, 3.05) is 7.05 Å². The molecule has 0 aromatic heterocycles. The summed E-state index contributed by atoms with van der Waals surface area (Å²) in [5.74, 6) is -1.43. The molecule has 5 heteroatoms. The molecule has 0 aliphatic heterocycles. The normalized spacial score (nSPS) is 12.5. The Hall–Kier alpha value is -1.10. The van der Waals surface area contributed by atoms with Gasteiger partial charge in [-0.3, -0.25) is 9.59 Å². The second-order valence-corrected chi connectivity index (χ2v) is 2.25. The molecule has 0 bridgehead atoms. The zero-order valence-electron chi connectivity index (χ0n) is 6.33. The fourth-order valence-corrected chi connectivity index (χ4v) is 0.730. The number of nitrogens with two attached hydrogens (primary N) is 1. The van der Waals surface area contributed by atoms with E-state index in [1.807, 2.05) is 0 Å². The summed E-state index contributed by atoms with van der Waals surface area (Å²) in [5.41, 5.74) is 4.87. The molecule has 4 N–H and O–H groups in total. The summed E-state index contributed by atoms with van der Waals surface area (Å²) in [6.07, 6.45) is -0.0256. The third-order valence-corrected chi connectivity index (χ3v) is 1.28. The first-order chi connectivity index (χ1) is 5.06. The maximum atomic E-state index is 10.3. The second kappa shape index (κ2) is 4.68. The molecule has 0 saturated carbocycles. The lowest BCUT2D eigenvalue weighted by atomic mass is 10.1. The minimum absolute atomic E-state index is 0.0583. The Kier molecular flexibility index (Phi) is 4.21. The number of hydrogen-bond acceptors (Lipinski definition) is 3. The van der Waals surface area contributed by atoms with Gasteiger partial charge in [0.05, 0.1) is 6.42 Å². The highest BCUT2D eigenvalue weighted by atomic mass is 16.4. The van der Waals surface area contributed by atoms with Crippen LogP contribution in [0.25, 0.3) is 0 Å². The zero-order valence-corrected chi connectivity index (χ0v) is 6.33. The van der Waals surface area contributed by atoms with Gasteiger partial charge in [0.1, 0.15) is 0 Å². The number of carboxylic acids is 1. The Bertz CT molecular complexity index is 142. The number of aliphatic carboxylic acids is 1. The largest absolute Gasteiger partial charge is 0.481 e. The van der Waals surface area contributed by atoms with Crippen LogP contribution >= 0.6 is 0 Å². The van der Waals surface area contributed by atoms with Crippen molar-refractivity contribution >= 4 is 11.9 Å². The number of rotatable bonds is 5.